The number of likely N-dealkylation sites (N-methyl/N-ethyl adjacent to an activating group) is 1. The summed E-state index contributed by atoms with van der Waals surface area (Å²) in [5.41, 5.74) is 2.69. The first-order valence-corrected chi connectivity index (χ1v) is 9.88. The van der Waals surface area contributed by atoms with Crippen molar-refractivity contribution < 1.29 is 17.3 Å². The van der Waals surface area contributed by atoms with Crippen LogP contribution < -0.4 is 4.74 Å². The van der Waals surface area contributed by atoms with Gasteiger partial charge in [0.1, 0.15) is 5.75 Å². The summed E-state index contributed by atoms with van der Waals surface area (Å²) < 4.78 is 33.0. The highest BCUT2D eigenvalue weighted by atomic mass is 32.2. The second-order valence-electron chi connectivity index (χ2n) is 6.86. The Morgan fingerprint density at radius 3 is 2.78 bits per heavy atom. The lowest BCUT2D eigenvalue weighted by atomic mass is 9.72. The van der Waals surface area contributed by atoms with Crippen LogP contribution in [-0.4, -0.2) is 52.9 Å². The molecule has 0 spiro atoms. The summed E-state index contributed by atoms with van der Waals surface area (Å²) in [5.74, 6) is 1.75. The number of piperidine rings is 1. The molecule has 2 aliphatic rings. The SMILES string of the molecule is COc1cccc2c1C[C@H]1C[C@@H](COS(C)(=O)=O)CN(C)[C@@H]1C2. The second-order valence-corrected chi connectivity index (χ2v) is 8.51. The van der Waals surface area contributed by atoms with Crippen molar-refractivity contribution >= 4 is 10.1 Å². The molecule has 1 aromatic rings. The summed E-state index contributed by atoms with van der Waals surface area (Å²) in [6, 6.07) is 6.80. The molecule has 0 amide bonds. The fourth-order valence-corrected chi connectivity index (χ4v) is 4.60. The summed E-state index contributed by atoms with van der Waals surface area (Å²) in [6.07, 6.45) is 4.14. The molecule has 0 radical (unpaired) electrons. The topological polar surface area (TPSA) is 55.8 Å². The molecule has 0 saturated carbocycles. The predicted molar refractivity (Wildman–Crippen MR) is 89.2 cm³/mol. The number of fused-ring (bicyclic) bond motifs is 2. The molecule has 0 bridgehead atoms. The molecule has 6 heteroatoms. The number of ether oxygens (including phenoxy) is 1. The predicted octanol–water partition coefficient (Wildman–Crippen LogP) is 1.71. The van der Waals surface area contributed by atoms with Crippen LogP contribution >= 0.6 is 0 Å². The van der Waals surface area contributed by atoms with Crippen molar-refractivity contribution in [2.45, 2.75) is 25.3 Å². The van der Waals surface area contributed by atoms with Crippen LogP contribution in [-0.2, 0) is 27.1 Å². The van der Waals surface area contributed by atoms with Crippen LogP contribution in [0.25, 0.3) is 0 Å². The molecule has 128 valence electrons. The van der Waals surface area contributed by atoms with E-state index >= 15 is 0 Å². The van der Waals surface area contributed by atoms with E-state index in [2.05, 4.69) is 24.1 Å². The van der Waals surface area contributed by atoms with Gasteiger partial charge < -0.3 is 9.64 Å². The van der Waals surface area contributed by atoms with Gasteiger partial charge in [0, 0.05) is 12.6 Å². The van der Waals surface area contributed by atoms with Crippen molar-refractivity contribution in [1.82, 2.24) is 4.90 Å². The van der Waals surface area contributed by atoms with E-state index in [4.69, 9.17) is 8.92 Å². The minimum Gasteiger partial charge on any atom is -0.496 e. The molecule has 1 fully saturated rings. The minimum absolute atomic E-state index is 0.257. The molecular weight excluding hydrogens is 314 g/mol. The lowest BCUT2D eigenvalue weighted by molar-refractivity contribution is 0.0516. The van der Waals surface area contributed by atoms with Crippen LogP contribution in [0.5, 0.6) is 5.75 Å². The van der Waals surface area contributed by atoms with Crippen LogP contribution in [0, 0.1) is 11.8 Å². The molecule has 1 aliphatic carbocycles. The first-order chi connectivity index (χ1) is 10.9. The van der Waals surface area contributed by atoms with Gasteiger partial charge in [-0.1, -0.05) is 12.1 Å². The Hall–Kier alpha value is -1.11. The lowest BCUT2D eigenvalue weighted by Crippen LogP contribution is -2.51. The highest BCUT2D eigenvalue weighted by Crippen LogP contribution is 2.39. The maximum atomic E-state index is 11.2. The van der Waals surface area contributed by atoms with Gasteiger partial charge >= 0.3 is 0 Å². The molecule has 5 nitrogen and oxygen atoms in total. The van der Waals surface area contributed by atoms with Crippen molar-refractivity contribution in [1.29, 1.82) is 0 Å². The normalized spacial score (nSPS) is 28.0. The average Bonchev–Trinajstić information content (AvgIpc) is 2.50. The molecule has 0 aromatic heterocycles. The van der Waals surface area contributed by atoms with E-state index in [9.17, 15) is 8.42 Å². The Morgan fingerprint density at radius 2 is 2.09 bits per heavy atom. The lowest BCUT2D eigenvalue weighted by Gasteiger charge is -2.46. The van der Waals surface area contributed by atoms with Gasteiger partial charge in [-0.25, -0.2) is 0 Å². The molecule has 1 saturated heterocycles. The third-order valence-corrected chi connectivity index (χ3v) is 5.72. The molecule has 1 heterocycles. The van der Waals surface area contributed by atoms with Gasteiger partial charge in [0.05, 0.1) is 20.0 Å². The Morgan fingerprint density at radius 1 is 1.30 bits per heavy atom. The monoisotopic (exact) mass is 339 g/mol. The second kappa shape index (κ2) is 6.42. The summed E-state index contributed by atoms with van der Waals surface area (Å²) in [4.78, 5) is 2.37. The standard InChI is InChI=1S/C17H25NO4S/c1-18-10-12(11-22-23(3,19)20)7-14-8-15-13(9-16(14)18)5-4-6-17(15)21-2/h4-6,12,14,16H,7-11H2,1-3H3/t12-,14-,16-/m1/s1. The summed E-state index contributed by atoms with van der Waals surface area (Å²) in [6.45, 7) is 1.17. The van der Waals surface area contributed by atoms with Crippen LogP contribution in [0.2, 0.25) is 0 Å². The number of hydrogen-bond acceptors (Lipinski definition) is 5. The largest absolute Gasteiger partial charge is 0.496 e. The van der Waals surface area contributed by atoms with Crippen LogP contribution in [0.15, 0.2) is 18.2 Å². The maximum Gasteiger partial charge on any atom is 0.264 e. The van der Waals surface area contributed by atoms with E-state index in [1.54, 1.807) is 7.11 Å². The third-order valence-electron chi connectivity index (χ3n) is 5.16. The number of rotatable bonds is 4. The van der Waals surface area contributed by atoms with E-state index < -0.39 is 10.1 Å². The minimum atomic E-state index is -3.37. The van der Waals surface area contributed by atoms with Crippen molar-refractivity contribution in [2.75, 3.05) is 33.6 Å². The van der Waals surface area contributed by atoms with Gasteiger partial charge in [0.2, 0.25) is 0 Å². The van der Waals surface area contributed by atoms with Gasteiger partial charge in [-0.2, -0.15) is 8.42 Å². The highest BCUT2D eigenvalue weighted by Gasteiger charge is 2.38. The summed E-state index contributed by atoms with van der Waals surface area (Å²) in [7, 11) is 0.486. The van der Waals surface area contributed by atoms with Gasteiger partial charge in [-0.15, -0.1) is 0 Å². The van der Waals surface area contributed by atoms with Crippen LogP contribution in [0.3, 0.4) is 0 Å². The third kappa shape index (κ3) is 3.70. The number of hydrogen-bond donors (Lipinski definition) is 0. The van der Waals surface area contributed by atoms with Crippen molar-refractivity contribution in [2.24, 2.45) is 11.8 Å². The first-order valence-electron chi connectivity index (χ1n) is 8.06. The first kappa shape index (κ1) is 16.7. The van der Waals surface area contributed by atoms with Crippen molar-refractivity contribution in [3.05, 3.63) is 29.3 Å². The molecule has 1 aromatic carbocycles. The molecule has 0 N–H and O–H groups in total. The Kier molecular flexibility index (Phi) is 4.67. The number of nitrogens with zero attached hydrogens (tertiary/aromatic N) is 1. The molecular formula is C17H25NO4S. The van der Waals surface area contributed by atoms with Crippen molar-refractivity contribution in [3.8, 4) is 5.75 Å². The molecule has 3 rings (SSSR count). The summed E-state index contributed by atoms with van der Waals surface area (Å²) >= 11 is 0. The zero-order valence-electron chi connectivity index (χ0n) is 14.0. The van der Waals surface area contributed by atoms with Crippen LogP contribution in [0.1, 0.15) is 17.5 Å². The van der Waals surface area contributed by atoms with E-state index in [1.165, 1.54) is 11.1 Å². The number of likely N-dealkylation sites (tertiary alicyclic amines) is 1. The fraction of sp³-hybridized carbons (Fsp3) is 0.647. The smallest absolute Gasteiger partial charge is 0.264 e. The zero-order chi connectivity index (χ0) is 16.6. The Labute approximate surface area is 138 Å². The Balaban J connectivity index is 1.76. The molecule has 3 atom stereocenters. The van der Waals surface area contributed by atoms with Gasteiger partial charge in [-0.3, -0.25) is 4.18 Å². The zero-order valence-corrected chi connectivity index (χ0v) is 14.8. The quantitative estimate of drug-likeness (QED) is 0.782. The molecule has 1 aliphatic heterocycles. The van der Waals surface area contributed by atoms with E-state index in [1.807, 2.05) is 6.07 Å². The maximum absolute atomic E-state index is 11.2. The fourth-order valence-electron chi connectivity index (χ4n) is 4.16. The van der Waals surface area contributed by atoms with Gasteiger partial charge in [-0.05, 0) is 55.3 Å². The van der Waals surface area contributed by atoms with Gasteiger partial charge in [0.15, 0.2) is 0 Å². The van der Waals surface area contributed by atoms with E-state index in [0.717, 1.165) is 37.8 Å². The molecule has 0 unspecified atom stereocenters. The van der Waals surface area contributed by atoms with Crippen molar-refractivity contribution in [3.63, 3.8) is 0 Å². The highest BCUT2D eigenvalue weighted by molar-refractivity contribution is 7.85. The average molecular weight is 339 g/mol. The van der Waals surface area contributed by atoms with E-state index in [0.29, 0.717) is 12.0 Å². The van der Waals surface area contributed by atoms with Crippen LogP contribution in [0.4, 0.5) is 0 Å². The summed E-state index contributed by atoms with van der Waals surface area (Å²) in [5, 5.41) is 0. The molecule has 23 heavy (non-hydrogen) atoms. The van der Waals surface area contributed by atoms with Gasteiger partial charge in [0.25, 0.3) is 10.1 Å². The number of benzene rings is 1. The van der Waals surface area contributed by atoms with E-state index in [-0.39, 0.29) is 12.5 Å². The Bertz CT molecular complexity index is 673. The number of methoxy groups -OCH3 is 1.